The number of carbonyl (C=O) groups is 2. The zero-order chi connectivity index (χ0) is 25.4. The van der Waals surface area contributed by atoms with E-state index in [1.165, 1.54) is 31.4 Å². The summed E-state index contributed by atoms with van der Waals surface area (Å²) >= 11 is 0. The maximum absolute atomic E-state index is 11.6. The third kappa shape index (κ3) is 7.28. The molecule has 1 aromatic rings. The monoisotopic (exact) mass is 488 g/mol. The number of phenols is 1. The summed E-state index contributed by atoms with van der Waals surface area (Å²) in [6.07, 6.45) is -7.18. The van der Waals surface area contributed by atoms with Gasteiger partial charge in [0, 0.05) is 0 Å². The second-order valence-electron chi connectivity index (χ2n) is 7.43. The fourth-order valence-electron chi connectivity index (χ4n) is 3.11. The van der Waals surface area contributed by atoms with Gasteiger partial charge in [-0.25, -0.2) is 0 Å². The third-order valence-corrected chi connectivity index (χ3v) is 4.82. The number of aliphatic carboxylic acids is 1. The molecule has 1 heterocycles. The van der Waals surface area contributed by atoms with Gasteiger partial charge in [-0.05, 0) is 23.8 Å². The maximum Gasteiger partial charge on any atom is 0.308 e. The first kappa shape index (κ1) is 27.3. The van der Waals surface area contributed by atoms with Gasteiger partial charge in [0.25, 0.3) is 0 Å². The molecule has 1 aromatic carbocycles. The summed E-state index contributed by atoms with van der Waals surface area (Å²) in [4.78, 5) is 22.1. The quantitative estimate of drug-likeness (QED) is 0.174. The van der Waals surface area contributed by atoms with Crippen molar-refractivity contribution in [1.29, 1.82) is 0 Å². The Bertz CT molecular complexity index is 868. The van der Waals surface area contributed by atoms with Crippen LogP contribution in [0.1, 0.15) is 18.4 Å². The summed E-state index contributed by atoms with van der Waals surface area (Å²) in [5.41, 5.74) is 0.400. The van der Waals surface area contributed by atoms with Gasteiger partial charge in [-0.2, -0.15) is 0 Å². The summed E-state index contributed by atoms with van der Waals surface area (Å²) in [6, 6.07) is 2.70. The second kappa shape index (κ2) is 12.5. The number of hydrogen-bond donors (Lipinski definition) is 7. The Morgan fingerprint density at radius 1 is 1.15 bits per heavy atom. The van der Waals surface area contributed by atoms with Crippen LogP contribution >= 0.6 is 0 Å². The third-order valence-electron chi connectivity index (χ3n) is 4.82. The smallest absolute Gasteiger partial charge is 0.308 e. The van der Waals surface area contributed by atoms with Crippen LogP contribution in [0.25, 0.3) is 6.08 Å². The molecule has 0 aliphatic carbocycles. The molecule has 0 bridgehead atoms. The van der Waals surface area contributed by atoms with Crippen LogP contribution in [0.3, 0.4) is 0 Å². The number of phenolic OH excluding ortho intramolecular Hbond substituents is 1. The number of aliphatic hydroxyl groups is 5. The second-order valence-corrected chi connectivity index (χ2v) is 7.43. The van der Waals surface area contributed by atoms with Crippen molar-refractivity contribution in [3.63, 3.8) is 0 Å². The fourth-order valence-corrected chi connectivity index (χ4v) is 3.11. The van der Waals surface area contributed by atoms with Gasteiger partial charge in [0.05, 0.1) is 32.7 Å². The van der Waals surface area contributed by atoms with E-state index in [2.05, 4.69) is 0 Å². The van der Waals surface area contributed by atoms with Crippen LogP contribution < -0.4 is 9.47 Å². The van der Waals surface area contributed by atoms with E-state index in [4.69, 9.17) is 24.1 Å². The first-order chi connectivity index (χ1) is 16.1. The molecule has 0 unspecified atom stereocenters. The molecule has 0 radical (unpaired) electrons. The summed E-state index contributed by atoms with van der Waals surface area (Å²) in [7, 11) is 1.28. The van der Waals surface area contributed by atoms with Crippen molar-refractivity contribution >= 4 is 18.0 Å². The zero-order valence-electron chi connectivity index (χ0n) is 18.2. The Balaban J connectivity index is 2.03. The number of aromatic hydroxyl groups is 1. The predicted octanol–water partition coefficient (Wildman–Crippen LogP) is -1.64. The minimum Gasteiger partial charge on any atom is -0.504 e. The van der Waals surface area contributed by atoms with Crippen molar-refractivity contribution in [3.05, 3.63) is 23.8 Å². The Kier molecular flexibility index (Phi) is 10.0. The molecule has 34 heavy (non-hydrogen) atoms. The zero-order valence-corrected chi connectivity index (χ0v) is 18.2. The van der Waals surface area contributed by atoms with Crippen LogP contribution in [0, 0.1) is 0 Å². The van der Waals surface area contributed by atoms with Crippen LogP contribution in [-0.4, -0.2) is 105 Å². The van der Waals surface area contributed by atoms with Gasteiger partial charge in [-0.1, -0.05) is 6.08 Å². The number of carboxylic acids is 1. The molecule has 1 saturated heterocycles. The van der Waals surface area contributed by atoms with Crippen molar-refractivity contribution in [2.24, 2.45) is 0 Å². The lowest BCUT2D eigenvalue weighted by Gasteiger charge is -2.39. The van der Waals surface area contributed by atoms with E-state index in [0.29, 0.717) is 5.56 Å². The number of esters is 1. The minimum atomic E-state index is -1.69. The molecular formula is C21H28O13. The molecule has 6 atom stereocenters. The van der Waals surface area contributed by atoms with Gasteiger partial charge in [-0.3, -0.25) is 9.59 Å². The van der Waals surface area contributed by atoms with Gasteiger partial charge in [0.1, 0.15) is 31.0 Å². The Labute approximate surface area is 194 Å². The van der Waals surface area contributed by atoms with Gasteiger partial charge >= 0.3 is 11.9 Å². The van der Waals surface area contributed by atoms with Crippen molar-refractivity contribution in [2.45, 2.75) is 49.7 Å². The lowest BCUT2D eigenvalue weighted by atomic mass is 9.99. The first-order valence-electron chi connectivity index (χ1n) is 10.2. The van der Waals surface area contributed by atoms with E-state index in [-0.39, 0.29) is 18.1 Å². The highest BCUT2D eigenvalue weighted by Crippen LogP contribution is 2.40. The Hall–Kier alpha value is -2.94. The highest BCUT2D eigenvalue weighted by Gasteiger charge is 2.45. The minimum absolute atomic E-state index is 0.0189. The number of aliphatic hydroxyl groups excluding tert-OH is 5. The van der Waals surface area contributed by atoms with Gasteiger partial charge in [0.15, 0.2) is 11.5 Å². The molecule has 1 aliphatic heterocycles. The predicted molar refractivity (Wildman–Crippen MR) is 112 cm³/mol. The average molecular weight is 488 g/mol. The highest BCUT2D eigenvalue weighted by molar-refractivity contribution is 5.72. The van der Waals surface area contributed by atoms with Crippen molar-refractivity contribution in [2.75, 3.05) is 20.3 Å². The SMILES string of the molecule is COc1cc(/C=C/COC(=O)C[C@@H](O)CC(=O)O)cc(O)c1O[C@@H]1O[C@H](CO)[C@@H](O)[C@H](O)[C@H]1O. The molecule has 2 rings (SSSR count). The van der Waals surface area contributed by atoms with Gasteiger partial charge in [-0.15, -0.1) is 0 Å². The molecule has 13 nitrogen and oxygen atoms in total. The van der Waals surface area contributed by atoms with E-state index >= 15 is 0 Å². The van der Waals surface area contributed by atoms with Crippen LogP contribution in [0.4, 0.5) is 0 Å². The maximum atomic E-state index is 11.6. The van der Waals surface area contributed by atoms with Crippen LogP contribution in [0.15, 0.2) is 18.2 Å². The molecule has 0 saturated carbocycles. The van der Waals surface area contributed by atoms with Gasteiger partial charge in [0.2, 0.25) is 12.0 Å². The van der Waals surface area contributed by atoms with Crippen LogP contribution in [0.2, 0.25) is 0 Å². The van der Waals surface area contributed by atoms with E-state index in [0.717, 1.165) is 0 Å². The molecule has 190 valence electrons. The molecule has 1 fully saturated rings. The number of methoxy groups -OCH3 is 1. The average Bonchev–Trinajstić information content (AvgIpc) is 2.77. The first-order valence-corrected chi connectivity index (χ1v) is 10.2. The molecule has 1 aliphatic rings. The molecule has 0 aromatic heterocycles. The van der Waals surface area contributed by atoms with E-state index in [1.54, 1.807) is 0 Å². The Morgan fingerprint density at radius 3 is 2.47 bits per heavy atom. The fraction of sp³-hybridized carbons (Fsp3) is 0.524. The largest absolute Gasteiger partial charge is 0.504 e. The van der Waals surface area contributed by atoms with Crippen molar-refractivity contribution in [1.82, 2.24) is 0 Å². The number of benzene rings is 1. The normalized spacial score (nSPS) is 25.6. The Morgan fingerprint density at radius 2 is 1.85 bits per heavy atom. The summed E-state index contributed by atoms with van der Waals surface area (Å²) in [5.74, 6) is -2.67. The summed E-state index contributed by atoms with van der Waals surface area (Å²) in [5, 5.41) is 67.5. The number of carboxylic acid groups (broad SMARTS) is 1. The van der Waals surface area contributed by atoms with Crippen molar-refractivity contribution < 1.29 is 64.3 Å². The number of hydrogen-bond acceptors (Lipinski definition) is 12. The molecule has 7 N–H and O–H groups in total. The lowest BCUT2D eigenvalue weighted by Crippen LogP contribution is -2.60. The summed E-state index contributed by atoms with van der Waals surface area (Å²) in [6.45, 7) is -0.842. The summed E-state index contributed by atoms with van der Waals surface area (Å²) < 4.78 is 20.8. The number of carbonyl (C=O) groups excluding carboxylic acids is 1. The highest BCUT2D eigenvalue weighted by atomic mass is 16.7. The van der Waals surface area contributed by atoms with Gasteiger partial charge < -0.3 is 54.7 Å². The number of ether oxygens (including phenoxy) is 4. The standard InChI is InChI=1S/C21H28O13/c1-31-13-6-10(3-2-4-32-16(27)8-11(23)7-15(25)26)5-12(24)20(13)34-21-19(30)18(29)17(28)14(9-22)33-21/h2-3,5-6,11,14,17-19,21-24,28-30H,4,7-9H2,1H3,(H,25,26)/b3-2+/t11-,14+,17+,18-,19+,21-/m0/s1. The van der Waals surface area contributed by atoms with Crippen molar-refractivity contribution in [3.8, 4) is 17.2 Å². The molecular weight excluding hydrogens is 460 g/mol. The topological polar surface area (TPSA) is 213 Å². The van der Waals surface area contributed by atoms with E-state index in [1.807, 2.05) is 0 Å². The number of rotatable bonds is 11. The molecule has 0 spiro atoms. The van der Waals surface area contributed by atoms with E-state index in [9.17, 15) is 40.2 Å². The van der Waals surface area contributed by atoms with Crippen LogP contribution in [-0.2, 0) is 19.1 Å². The van der Waals surface area contributed by atoms with E-state index < -0.39 is 73.9 Å². The molecule has 0 amide bonds. The molecule has 13 heteroatoms. The van der Waals surface area contributed by atoms with Crippen LogP contribution in [0.5, 0.6) is 17.2 Å². The lowest BCUT2D eigenvalue weighted by molar-refractivity contribution is -0.277.